The van der Waals surface area contributed by atoms with Gasteiger partial charge in [0, 0.05) is 12.0 Å². The molecule has 0 spiro atoms. The number of aryl methyl sites for hydroxylation is 2. The molecule has 0 aliphatic rings. The molecule has 25 heavy (non-hydrogen) atoms. The van der Waals surface area contributed by atoms with Crippen LogP contribution in [0.25, 0.3) is 15.5 Å². The van der Waals surface area contributed by atoms with Crippen LogP contribution in [0.2, 0.25) is 0 Å². The molecule has 2 aromatic heterocycles. The molecule has 4 aromatic rings. The zero-order chi connectivity index (χ0) is 17.2. The summed E-state index contributed by atoms with van der Waals surface area (Å²) in [6.07, 6.45) is 0.816. The largest absolute Gasteiger partial charge is 0.489 e. The highest BCUT2D eigenvalue weighted by molar-refractivity contribution is 7.19. The van der Waals surface area contributed by atoms with E-state index >= 15 is 0 Å². The monoisotopic (exact) mass is 350 g/mol. The summed E-state index contributed by atoms with van der Waals surface area (Å²) in [6, 6.07) is 16.4. The minimum Gasteiger partial charge on any atom is -0.489 e. The highest BCUT2D eigenvalue weighted by Gasteiger charge is 2.11. The van der Waals surface area contributed by atoms with Gasteiger partial charge in [0.1, 0.15) is 17.4 Å². The molecule has 0 saturated heterocycles. The van der Waals surface area contributed by atoms with Gasteiger partial charge in [-0.25, -0.2) is 0 Å². The topological polar surface area (TPSA) is 52.3 Å². The maximum absolute atomic E-state index is 5.86. The molecular formula is C19H18N4OS. The standard InChI is InChI=1S/C19H18N4OS/c1-3-17-20-21-19-23(17)22-18(25-19)15-8-10-16(11-9-15)24-12-14-6-4-13(2)5-7-14/h4-11H,3,12H2,1-2H3. The van der Waals surface area contributed by atoms with Crippen molar-refractivity contribution in [1.82, 2.24) is 19.8 Å². The first kappa shape index (κ1) is 15.8. The predicted octanol–water partition coefficient (Wildman–Crippen LogP) is 4.30. The van der Waals surface area contributed by atoms with Crippen molar-refractivity contribution in [2.45, 2.75) is 26.9 Å². The first-order valence-electron chi connectivity index (χ1n) is 8.23. The highest BCUT2D eigenvalue weighted by atomic mass is 32.1. The van der Waals surface area contributed by atoms with Gasteiger partial charge in [0.05, 0.1) is 0 Å². The van der Waals surface area contributed by atoms with Crippen LogP contribution in [0.15, 0.2) is 48.5 Å². The van der Waals surface area contributed by atoms with Crippen LogP contribution in [0.1, 0.15) is 23.9 Å². The Morgan fingerprint density at radius 3 is 2.48 bits per heavy atom. The van der Waals surface area contributed by atoms with E-state index < -0.39 is 0 Å². The van der Waals surface area contributed by atoms with E-state index in [4.69, 9.17) is 4.74 Å². The van der Waals surface area contributed by atoms with Crippen LogP contribution in [0.5, 0.6) is 5.75 Å². The molecule has 2 aromatic carbocycles. The second kappa shape index (κ2) is 6.64. The minimum absolute atomic E-state index is 0.566. The molecular weight excluding hydrogens is 332 g/mol. The molecule has 0 aliphatic heterocycles. The molecule has 0 N–H and O–H groups in total. The van der Waals surface area contributed by atoms with Crippen LogP contribution in [0.3, 0.4) is 0 Å². The lowest BCUT2D eigenvalue weighted by Crippen LogP contribution is -1.95. The van der Waals surface area contributed by atoms with Crippen molar-refractivity contribution in [2.75, 3.05) is 0 Å². The van der Waals surface area contributed by atoms with Gasteiger partial charge in [-0.15, -0.1) is 10.2 Å². The Labute approximate surface area is 149 Å². The molecule has 6 heteroatoms. The summed E-state index contributed by atoms with van der Waals surface area (Å²) >= 11 is 1.54. The van der Waals surface area contributed by atoms with Gasteiger partial charge in [-0.2, -0.15) is 9.61 Å². The summed E-state index contributed by atoms with van der Waals surface area (Å²) in [5.41, 5.74) is 3.47. The van der Waals surface area contributed by atoms with Crippen molar-refractivity contribution < 1.29 is 4.74 Å². The lowest BCUT2D eigenvalue weighted by molar-refractivity contribution is 0.306. The minimum atomic E-state index is 0.566. The molecule has 0 fully saturated rings. The number of hydrogen-bond donors (Lipinski definition) is 0. The number of benzene rings is 2. The Kier molecular flexibility index (Phi) is 4.19. The van der Waals surface area contributed by atoms with Crippen LogP contribution in [-0.4, -0.2) is 19.8 Å². The average molecular weight is 350 g/mol. The fraction of sp³-hybridized carbons (Fsp3) is 0.211. The number of ether oxygens (including phenoxy) is 1. The van der Waals surface area contributed by atoms with Gasteiger partial charge in [-0.3, -0.25) is 0 Å². The van der Waals surface area contributed by atoms with Gasteiger partial charge < -0.3 is 4.74 Å². The van der Waals surface area contributed by atoms with Gasteiger partial charge in [0.15, 0.2) is 5.82 Å². The van der Waals surface area contributed by atoms with Gasteiger partial charge in [0.25, 0.3) is 0 Å². The number of rotatable bonds is 5. The zero-order valence-electron chi connectivity index (χ0n) is 14.1. The lowest BCUT2D eigenvalue weighted by Gasteiger charge is -2.07. The molecule has 5 nitrogen and oxygen atoms in total. The van der Waals surface area contributed by atoms with Crippen molar-refractivity contribution in [1.29, 1.82) is 0 Å². The Bertz CT molecular complexity index is 987. The average Bonchev–Trinajstić information content (AvgIpc) is 3.22. The summed E-state index contributed by atoms with van der Waals surface area (Å²) in [5, 5.41) is 13.8. The number of fused-ring (bicyclic) bond motifs is 1. The third-order valence-electron chi connectivity index (χ3n) is 4.00. The molecule has 126 valence electrons. The summed E-state index contributed by atoms with van der Waals surface area (Å²) in [6.45, 7) is 4.70. The van der Waals surface area contributed by atoms with Gasteiger partial charge in [0.2, 0.25) is 4.96 Å². The van der Waals surface area contributed by atoms with Crippen LogP contribution < -0.4 is 4.74 Å². The van der Waals surface area contributed by atoms with E-state index in [0.717, 1.165) is 39.1 Å². The third-order valence-corrected chi connectivity index (χ3v) is 4.95. The zero-order valence-corrected chi connectivity index (χ0v) is 15.0. The quantitative estimate of drug-likeness (QED) is 0.538. The van der Waals surface area contributed by atoms with E-state index in [2.05, 4.69) is 53.4 Å². The van der Waals surface area contributed by atoms with E-state index in [-0.39, 0.29) is 0 Å². The van der Waals surface area contributed by atoms with E-state index in [0.29, 0.717) is 6.61 Å². The van der Waals surface area contributed by atoms with Gasteiger partial charge in [-0.1, -0.05) is 48.1 Å². The first-order valence-corrected chi connectivity index (χ1v) is 9.04. The van der Waals surface area contributed by atoms with Crippen LogP contribution in [0.4, 0.5) is 0 Å². The normalized spacial score (nSPS) is 11.1. The molecule has 4 rings (SSSR count). The first-order chi connectivity index (χ1) is 12.2. The van der Waals surface area contributed by atoms with E-state index in [1.165, 1.54) is 5.56 Å². The lowest BCUT2D eigenvalue weighted by atomic mass is 10.2. The van der Waals surface area contributed by atoms with Crippen LogP contribution in [-0.2, 0) is 13.0 Å². The highest BCUT2D eigenvalue weighted by Crippen LogP contribution is 2.27. The number of aromatic nitrogens is 4. The van der Waals surface area contributed by atoms with E-state index in [1.807, 2.05) is 28.8 Å². The van der Waals surface area contributed by atoms with Crippen molar-refractivity contribution in [3.05, 3.63) is 65.5 Å². The summed E-state index contributed by atoms with van der Waals surface area (Å²) in [7, 11) is 0. The fourth-order valence-electron chi connectivity index (χ4n) is 2.54. The van der Waals surface area contributed by atoms with Crippen molar-refractivity contribution >= 4 is 16.3 Å². The number of nitrogens with zero attached hydrogens (tertiary/aromatic N) is 4. The Hall–Kier alpha value is -2.73. The summed E-state index contributed by atoms with van der Waals surface area (Å²) in [4.78, 5) is 0.826. The van der Waals surface area contributed by atoms with Crippen molar-refractivity contribution in [3.8, 4) is 16.3 Å². The molecule has 0 aliphatic carbocycles. The Morgan fingerprint density at radius 1 is 1.00 bits per heavy atom. The fourth-order valence-corrected chi connectivity index (χ4v) is 3.40. The molecule has 0 amide bonds. The van der Waals surface area contributed by atoms with Crippen LogP contribution in [0, 0.1) is 6.92 Å². The molecule has 0 saturated carbocycles. The molecule has 0 bridgehead atoms. The Balaban J connectivity index is 1.48. The van der Waals surface area contributed by atoms with E-state index in [1.54, 1.807) is 11.3 Å². The molecule has 0 atom stereocenters. The second-order valence-electron chi connectivity index (χ2n) is 5.87. The number of hydrogen-bond acceptors (Lipinski definition) is 5. The molecule has 0 unspecified atom stereocenters. The van der Waals surface area contributed by atoms with Crippen molar-refractivity contribution in [3.63, 3.8) is 0 Å². The Morgan fingerprint density at radius 2 is 1.76 bits per heavy atom. The maximum atomic E-state index is 5.86. The van der Waals surface area contributed by atoms with Crippen LogP contribution >= 0.6 is 11.3 Å². The SMILES string of the molecule is CCc1nnc2sc(-c3ccc(OCc4ccc(C)cc4)cc3)nn12. The predicted molar refractivity (Wildman–Crippen MR) is 99.0 cm³/mol. The van der Waals surface area contributed by atoms with Gasteiger partial charge in [-0.05, 0) is 36.8 Å². The summed E-state index contributed by atoms with van der Waals surface area (Å²) in [5.74, 6) is 1.73. The van der Waals surface area contributed by atoms with Crippen molar-refractivity contribution in [2.24, 2.45) is 0 Å². The third kappa shape index (κ3) is 3.25. The second-order valence-corrected chi connectivity index (χ2v) is 6.83. The molecule has 0 radical (unpaired) electrons. The molecule has 2 heterocycles. The maximum Gasteiger partial charge on any atom is 0.234 e. The van der Waals surface area contributed by atoms with E-state index in [9.17, 15) is 0 Å². The smallest absolute Gasteiger partial charge is 0.234 e. The van der Waals surface area contributed by atoms with Gasteiger partial charge >= 0.3 is 0 Å². The summed E-state index contributed by atoms with van der Waals surface area (Å²) < 4.78 is 7.68.